The van der Waals surface area contributed by atoms with Crippen molar-refractivity contribution in [2.75, 3.05) is 6.61 Å². The molecule has 0 bridgehead atoms. The van der Waals surface area contributed by atoms with Crippen LogP contribution in [-0.4, -0.2) is 16.6 Å². The Morgan fingerprint density at radius 1 is 1.47 bits per heavy atom. The summed E-state index contributed by atoms with van der Waals surface area (Å²) in [5, 5.41) is 0.506. The van der Waals surface area contributed by atoms with E-state index >= 15 is 0 Å². The van der Waals surface area contributed by atoms with Crippen LogP contribution in [0.5, 0.6) is 0 Å². The van der Waals surface area contributed by atoms with Crippen LogP contribution in [0.3, 0.4) is 0 Å². The molecule has 5 heteroatoms. The highest BCUT2D eigenvalue weighted by Crippen LogP contribution is 2.25. The van der Waals surface area contributed by atoms with Gasteiger partial charge in [-0.25, -0.2) is 14.4 Å². The molecule has 0 saturated heterocycles. The number of hydrogen-bond acceptors (Lipinski definition) is 3. The van der Waals surface area contributed by atoms with E-state index in [-0.39, 0.29) is 10.8 Å². The molecular formula is C12H10ClFN2O. The van der Waals surface area contributed by atoms with Gasteiger partial charge in [-0.1, -0.05) is 18.7 Å². The van der Waals surface area contributed by atoms with Crippen LogP contribution in [0.1, 0.15) is 12.6 Å². The molecule has 0 radical (unpaired) electrons. The van der Waals surface area contributed by atoms with E-state index in [4.69, 9.17) is 16.3 Å². The van der Waals surface area contributed by atoms with Gasteiger partial charge in [-0.2, -0.15) is 0 Å². The highest BCUT2D eigenvalue weighted by atomic mass is 35.5. The van der Waals surface area contributed by atoms with E-state index in [0.29, 0.717) is 23.4 Å². The first-order chi connectivity index (χ1) is 8.13. The first-order valence-corrected chi connectivity index (χ1v) is 5.45. The van der Waals surface area contributed by atoms with Crippen LogP contribution in [0, 0.1) is 5.82 Å². The summed E-state index contributed by atoms with van der Waals surface area (Å²) in [6.45, 7) is 6.03. The molecule has 0 aliphatic heterocycles. The normalized spacial score (nSPS) is 10.5. The smallest absolute Gasteiger partial charge is 0.223 e. The van der Waals surface area contributed by atoms with Crippen molar-refractivity contribution in [3.05, 3.63) is 41.6 Å². The summed E-state index contributed by atoms with van der Waals surface area (Å²) in [7, 11) is 0. The third kappa shape index (κ3) is 2.22. The van der Waals surface area contributed by atoms with Crippen molar-refractivity contribution in [1.29, 1.82) is 0 Å². The maximum Gasteiger partial charge on any atom is 0.223 e. The molecule has 88 valence electrons. The molecule has 0 fully saturated rings. The van der Waals surface area contributed by atoms with Gasteiger partial charge in [0.05, 0.1) is 6.61 Å². The zero-order valence-electron chi connectivity index (χ0n) is 9.20. The second-order valence-electron chi connectivity index (χ2n) is 3.33. The summed E-state index contributed by atoms with van der Waals surface area (Å²) in [5.41, 5.74) is 0.588. The van der Waals surface area contributed by atoms with Crippen LogP contribution < -0.4 is 0 Å². The molecule has 0 N–H and O–H groups in total. The molecular weight excluding hydrogens is 243 g/mol. The van der Waals surface area contributed by atoms with Crippen molar-refractivity contribution in [2.24, 2.45) is 0 Å². The molecule has 0 saturated carbocycles. The summed E-state index contributed by atoms with van der Waals surface area (Å²) in [4.78, 5) is 7.89. The first-order valence-electron chi connectivity index (χ1n) is 5.07. The molecule has 0 amide bonds. The minimum absolute atomic E-state index is 0.0292. The van der Waals surface area contributed by atoms with Crippen molar-refractivity contribution >= 4 is 28.3 Å². The number of halogens is 2. The average Bonchev–Trinajstić information content (AvgIpc) is 2.30. The molecule has 2 aromatic rings. The van der Waals surface area contributed by atoms with Gasteiger partial charge < -0.3 is 4.74 Å². The number of para-hydroxylation sites is 1. The summed E-state index contributed by atoms with van der Waals surface area (Å²) < 4.78 is 18.8. The zero-order chi connectivity index (χ0) is 12.4. The van der Waals surface area contributed by atoms with Crippen molar-refractivity contribution in [2.45, 2.75) is 6.92 Å². The van der Waals surface area contributed by atoms with Crippen LogP contribution in [0.15, 0.2) is 24.8 Å². The largest absolute Gasteiger partial charge is 0.492 e. The lowest BCUT2D eigenvalue weighted by Crippen LogP contribution is -1.98. The third-order valence-corrected chi connectivity index (χ3v) is 2.40. The summed E-state index contributed by atoms with van der Waals surface area (Å²) in [6.07, 6.45) is 0. The summed E-state index contributed by atoms with van der Waals surface area (Å²) >= 11 is 5.75. The molecule has 0 atom stereocenters. The Kier molecular flexibility index (Phi) is 3.24. The topological polar surface area (TPSA) is 35.0 Å². The van der Waals surface area contributed by atoms with Gasteiger partial charge in [-0.15, -0.1) is 0 Å². The fourth-order valence-corrected chi connectivity index (χ4v) is 1.71. The van der Waals surface area contributed by atoms with Gasteiger partial charge >= 0.3 is 0 Å². The predicted molar refractivity (Wildman–Crippen MR) is 65.2 cm³/mol. The van der Waals surface area contributed by atoms with Gasteiger partial charge in [-0.3, -0.25) is 0 Å². The Bertz CT molecular complexity index is 586. The molecule has 3 nitrogen and oxygen atoms in total. The van der Waals surface area contributed by atoms with E-state index < -0.39 is 5.82 Å². The van der Waals surface area contributed by atoms with Crippen LogP contribution in [0.2, 0.25) is 5.28 Å². The number of hydrogen-bond donors (Lipinski definition) is 0. The minimum Gasteiger partial charge on any atom is -0.492 e. The van der Waals surface area contributed by atoms with E-state index in [0.717, 1.165) is 0 Å². The number of aromatic nitrogens is 2. The van der Waals surface area contributed by atoms with E-state index in [1.165, 1.54) is 6.07 Å². The molecule has 0 aliphatic carbocycles. The molecule has 2 rings (SSSR count). The van der Waals surface area contributed by atoms with E-state index in [1.54, 1.807) is 12.1 Å². The van der Waals surface area contributed by atoms with Crippen molar-refractivity contribution < 1.29 is 9.13 Å². The number of nitrogens with zero attached hydrogens (tertiary/aromatic N) is 2. The van der Waals surface area contributed by atoms with E-state index in [2.05, 4.69) is 16.5 Å². The Morgan fingerprint density at radius 2 is 2.24 bits per heavy atom. The van der Waals surface area contributed by atoms with Crippen LogP contribution in [-0.2, 0) is 4.74 Å². The van der Waals surface area contributed by atoms with Gasteiger partial charge in [0, 0.05) is 5.39 Å². The average molecular weight is 253 g/mol. The molecule has 17 heavy (non-hydrogen) atoms. The second kappa shape index (κ2) is 4.67. The lowest BCUT2D eigenvalue weighted by molar-refractivity contribution is 0.298. The van der Waals surface area contributed by atoms with Crippen LogP contribution in [0.4, 0.5) is 4.39 Å². The highest BCUT2D eigenvalue weighted by Gasteiger charge is 2.13. The fourth-order valence-electron chi connectivity index (χ4n) is 1.54. The number of fused-ring (bicyclic) bond motifs is 1. The molecule has 0 spiro atoms. The van der Waals surface area contributed by atoms with E-state index in [9.17, 15) is 4.39 Å². The second-order valence-corrected chi connectivity index (χ2v) is 3.67. The summed E-state index contributed by atoms with van der Waals surface area (Å²) in [6, 6.07) is 4.60. The van der Waals surface area contributed by atoms with Gasteiger partial charge in [0.2, 0.25) is 5.28 Å². The van der Waals surface area contributed by atoms with Crippen molar-refractivity contribution in [3.63, 3.8) is 0 Å². The Hall–Kier alpha value is -1.68. The Balaban J connectivity index is 2.70. The lowest BCUT2D eigenvalue weighted by Gasteiger charge is -2.09. The molecule has 0 aliphatic rings. The third-order valence-electron chi connectivity index (χ3n) is 2.23. The van der Waals surface area contributed by atoms with Gasteiger partial charge in [0.15, 0.2) is 0 Å². The first kappa shape index (κ1) is 11.8. The fraction of sp³-hybridized carbons (Fsp3) is 0.167. The van der Waals surface area contributed by atoms with Crippen molar-refractivity contribution in [3.8, 4) is 0 Å². The SMILES string of the molecule is C=C(OCC)c1nc(Cl)nc2c(F)cccc12. The standard InChI is InChI=1S/C12H10ClFN2O/c1-3-17-7(2)10-8-5-4-6-9(14)11(8)16-12(13)15-10/h4-6H,2-3H2,1H3. The molecule has 1 aromatic heterocycles. The number of benzene rings is 1. The Morgan fingerprint density at radius 3 is 2.94 bits per heavy atom. The quantitative estimate of drug-likeness (QED) is 0.620. The number of ether oxygens (including phenoxy) is 1. The monoisotopic (exact) mass is 252 g/mol. The van der Waals surface area contributed by atoms with Gasteiger partial charge in [0.25, 0.3) is 0 Å². The maximum atomic E-state index is 13.6. The lowest BCUT2D eigenvalue weighted by atomic mass is 10.1. The van der Waals surface area contributed by atoms with Gasteiger partial charge in [0.1, 0.15) is 22.8 Å². The molecule has 1 heterocycles. The predicted octanol–water partition coefficient (Wildman–Crippen LogP) is 3.43. The number of rotatable bonds is 3. The minimum atomic E-state index is -0.447. The van der Waals surface area contributed by atoms with Crippen LogP contribution in [0.25, 0.3) is 16.7 Å². The molecule has 1 aromatic carbocycles. The zero-order valence-corrected chi connectivity index (χ0v) is 9.96. The highest BCUT2D eigenvalue weighted by molar-refractivity contribution is 6.28. The van der Waals surface area contributed by atoms with E-state index in [1.807, 2.05) is 6.92 Å². The molecule has 0 unspecified atom stereocenters. The Labute approximate surface area is 103 Å². The van der Waals surface area contributed by atoms with Gasteiger partial charge in [-0.05, 0) is 24.6 Å². The van der Waals surface area contributed by atoms with Crippen LogP contribution >= 0.6 is 11.6 Å². The van der Waals surface area contributed by atoms with Crippen molar-refractivity contribution in [1.82, 2.24) is 9.97 Å². The summed E-state index contributed by atoms with van der Waals surface area (Å²) in [5.74, 6) is -0.0928. The maximum absolute atomic E-state index is 13.6.